The van der Waals surface area contributed by atoms with Gasteiger partial charge in [-0.05, 0) is 45.4 Å². The van der Waals surface area contributed by atoms with Crippen molar-refractivity contribution in [3.8, 4) is 6.07 Å². The highest BCUT2D eigenvalue weighted by molar-refractivity contribution is 7.13. The van der Waals surface area contributed by atoms with Crippen molar-refractivity contribution in [3.63, 3.8) is 0 Å². The summed E-state index contributed by atoms with van der Waals surface area (Å²) < 4.78 is 13.6. The molecule has 9 heteroatoms. The van der Waals surface area contributed by atoms with E-state index in [4.69, 9.17) is 5.26 Å². The number of nitrogens with zero attached hydrogens (tertiary/aromatic N) is 3. The van der Waals surface area contributed by atoms with Crippen LogP contribution < -0.4 is 10.6 Å². The van der Waals surface area contributed by atoms with Gasteiger partial charge < -0.3 is 15.5 Å². The minimum atomic E-state index is -1.12. The molecule has 3 aliphatic carbocycles. The minimum absolute atomic E-state index is 0.00521. The molecule has 2 bridgehead atoms. The smallest absolute Gasteiger partial charge is 0.237 e. The van der Waals surface area contributed by atoms with E-state index in [0.29, 0.717) is 5.13 Å². The second kappa shape index (κ2) is 7.65. The summed E-state index contributed by atoms with van der Waals surface area (Å²) >= 11 is 1.44. The zero-order valence-electron chi connectivity index (χ0n) is 16.5. The van der Waals surface area contributed by atoms with Crippen molar-refractivity contribution in [2.24, 2.45) is 5.41 Å². The number of rotatable bonds is 5. The van der Waals surface area contributed by atoms with E-state index in [1.54, 1.807) is 0 Å². The van der Waals surface area contributed by atoms with Gasteiger partial charge in [-0.1, -0.05) is 0 Å². The van der Waals surface area contributed by atoms with E-state index in [-0.39, 0.29) is 42.3 Å². The van der Waals surface area contributed by atoms with Crippen LogP contribution in [-0.4, -0.2) is 52.5 Å². The van der Waals surface area contributed by atoms with Crippen LogP contribution in [0.5, 0.6) is 0 Å². The van der Waals surface area contributed by atoms with Crippen molar-refractivity contribution in [1.29, 1.82) is 5.26 Å². The van der Waals surface area contributed by atoms with Crippen LogP contribution in [0.15, 0.2) is 5.38 Å². The number of halogens is 1. The number of fused-ring (bicyclic) bond motifs is 3. The first-order chi connectivity index (χ1) is 13.8. The Morgan fingerprint density at radius 1 is 1.34 bits per heavy atom. The largest absolute Gasteiger partial charge is 0.323 e. The lowest BCUT2D eigenvalue weighted by atomic mass is 9.57. The SMILES string of the molecule is Cc1csc(NC(=O)C23CCC(NCC(=O)N4CC(F)CC4C#N)(CC2)CC3)n1. The monoisotopic (exact) mass is 419 g/mol. The van der Waals surface area contributed by atoms with Crippen molar-refractivity contribution < 1.29 is 14.0 Å². The van der Waals surface area contributed by atoms with Gasteiger partial charge in [0.2, 0.25) is 11.8 Å². The van der Waals surface area contributed by atoms with Crippen LogP contribution in [0.25, 0.3) is 0 Å². The number of thiazole rings is 1. The van der Waals surface area contributed by atoms with Crippen molar-refractivity contribution in [2.45, 2.75) is 69.6 Å². The summed E-state index contributed by atoms with van der Waals surface area (Å²) in [5, 5.41) is 18.1. The zero-order valence-corrected chi connectivity index (χ0v) is 17.4. The van der Waals surface area contributed by atoms with E-state index in [1.807, 2.05) is 18.4 Å². The molecule has 0 radical (unpaired) electrons. The number of carbonyl (C=O) groups is 2. The number of hydrogen-bond donors (Lipinski definition) is 2. The average molecular weight is 420 g/mol. The summed E-state index contributed by atoms with van der Waals surface area (Å²) in [6, 6.07) is 1.36. The first-order valence-electron chi connectivity index (χ1n) is 10.2. The minimum Gasteiger partial charge on any atom is -0.323 e. The third kappa shape index (κ3) is 3.88. The molecule has 1 aromatic rings. The molecule has 2 amide bonds. The Morgan fingerprint density at radius 3 is 2.62 bits per heavy atom. The third-order valence-electron chi connectivity index (χ3n) is 6.90. The van der Waals surface area contributed by atoms with E-state index in [2.05, 4.69) is 15.6 Å². The van der Waals surface area contributed by atoms with Crippen LogP contribution in [0.1, 0.15) is 50.6 Å². The highest BCUT2D eigenvalue weighted by Crippen LogP contribution is 2.52. The Balaban J connectivity index is 1.32. The molecule has 2 atom stereocenters. The molecule has 1 aliphatic heterocycles. The molecule has 7 nitrogen and oxygen atoms in total. The number of carbonyl (C=O) groups excluding carboxylic acids is 2. The maximum atomic E-state index is 13.6. The van der Waals surface area contributed by atoms with Gasteiger partial charge in [0, 0.05) is 22.8 Å². The number of anilines is 1. The molecule has 0 spiro atoms. The van der Waals surface area contributed by atoms with Crippen LogP contribution in [0.3, 0.4) is 0 Å². The van der Waals surface area contributed by atoms with Crippen LogP contribution in [0.4, 0.5) is 9.52 Å². The van der Waals surface area contributed by atoms with Crippen molar-refractivity contribution >= 4 is 28.3 Å². The quantitative estimate of drug-likeness (QED) is 0.764. The van der Waals surface area contributed by atoms with E-state index in [0.717, 1.165) is 44.2 Å². The Kier molecular flexibility index (Phi) is 5.34. The topological polar surface area (TPSA) is 98.1 Å². The zero-order chi connectivity index (χ0) is 20.6. The number of nitriles is 1. The van der Waals surface area contributed by atoms with Crippen molar-refractivity contribution in [2.75, 3.05) is 18.4 Å². The van der Waals surface area contributed by atoms with Crippen LogP contribution in [0.2, 0.25) is 0 Å². The second-order valence-corrected chi connectivity index (χ2v) is 9.54. The van der Waals surface area contributed by atoms with Gasteiger partial charge in [-0.2, -0.15) is 5.26 Å². The molecule has 1 aromatic heterocycles. The standard InChI is InChI=1S/C20H26FN5O2S/c1-13-12-29-18(24-13)25-17(28)19-2-5-20(6-3-19,7-4-19)23-10-16(27)26-11-14(21)8-15(26)9-22/h12,14-15,23H,2-8,10-11H2,1H3,(H,24,25,28). The lowest BCUT2D eigenvalue weighted by molar-refractivity contribution is -0.135. The number of amides is 2. The van der Waals surface area contributed by atoms with Gasteiger partial charge in [0.1, 0.15) is 12.2 Å². The number of likely N-dealkylation sites (tertiary alicyclic amines) is 1. The second-order valence-electron chi connectivity index (χ2n) is 8.69. The highest BCUT2D eigenvalue weighted by atomic mass is 32.1. The van der Waals surface area contributed by atoms with Gasteiger partial charge in [0.25, 0.3) is 0 Å². The first kappa shape index (κ1) is 20.2. The lowest BCUT2D eigenvalue weighted by Gasteiger charge is -2.52. The third-order valence-corrected chi connectivity index (χ3v) is 7.78. The molecule has 0 aromatic carbocycles. The van der Waals surface area contributed by atoms with E-state index >= 15 is 0 Å². The summed E-state index contributed by atoms with van der Waals surface area (Å²) in [5.74, 6) is -0.162. The number of nitrogens with one attached hydrogen (secondary N) is 2. The molecule has 4 fully saturated rings. The molecule has 2 heterocycles. The van der Waals surface area contributed by atoms with Gasteiger partial charge in [0.15, 0.2) is 5.13 Å². The Hall–Kier alpha value is -2.05. The summed E-state index contributed by atoms with van der Waals surface area (Å²) in [4.78, 5) is 31.1. The first-order valence-corrected chi connectivity index (χ1v) is 11.0. The highest BCUT2D eigenvalue weighted by Gasteiger charge is 2.52. The van der Waals surface area contributed by atoms with Gasteiger partial charge in [-0.25, -0.2) is 9.37 Å². The van der Waals surface area contributed by atoms with Crippen LogP contribution in [0, 0.1) is 23.7 Å². The van der Waals surface area contributed by atoms with E-state index < -0.39 is 12.2 Å². The summed E-state index contributed by atoms with van der Waals surface area (Å²) in [7, 11) is 0. The Labute approximate surface area is 173 Å². The van der Waals surface area contributed by atoms with Crippen LogP contribution >= 0.6 is 11.3 Å². The maximum absolute atomic E-state index is 13.6. The number of aromatic nitrogens is 1. The predicted octanol–water partition coefficient (Wildman–Crippen LogP) is 2.54. The fraction of sp³-hybridized carbons (Fsp3) is 0.700. The molecular weight excluding hydrogens is 393 g/mol. The molecule has 1 saturated heterocycles. The molecule has 2 unspecified atom stereocenters. The van der Waals surface area contributed by atoms with Crippen molar-refractivity contribution in [3.05, 3.63) is 11.1 Å². The fourth-order valence-corrected chi connectivity index (χ4v) is 5.66. The summed E-state index contributed by atoms with van der Waals surface area (Å²) in [6.07, 6.45) is 3.81. The van der Waals surface area contributed by atoms with Gasteiger partial charge in [-0.3, -0.25) is 9.59 Å². The van der Waals surface area contributed by atoms with Gasteiger partial charge >= 0.3 is 0 Å². The van der Waals surface area contributed by atoms with Gasteiger partial charge in [-0.15, -0.1) is 11.3 Å². The molecule has 3 saturated carbocycles. The lowest BCUT2D eigenvalue weighted by Crippen LogP contribution is -2.59. The molecular formula is C20H26FN5O2S. The normalized spacial score (nSPS) is 33.5. The molecule has 5 rings (SSSR count). The fourth-order valence-electron chi connectivity index (χ4n) is 4.98. The van der Waals surface area contributed by atoms with Crippen LogP contribution in [-0.2, 0) is 9.59 Å². The Bertz CT molecular complexity index is 826. The van der Waals surface area contributed by atoms with Gasteiger partial charge in [0.05, 0.1) is 24.9 Å². The Morgan fingerprint density at radius 2 is 2.03 bits per heavy atom. The van der Waals surface area contributed by atoms with E-state index in [1.165, 1.54) is 16.2 Å². The maximum Gasteiger partial charge on any atom is 0.237 e. The molecule has 4 aliphatic rings. The molecule has 2 N–H and O–H groups in total. The number of alkyl halides is 1. The summed E-state index contributed by atoms with van der Waals surface area (Å²) in [6.45, 7) is 2.02. The summed E-state index contributed by atoms with van der Waals surface area (Å²) in [5.41, 5.74) is 0.403. The molecule has 29 heavy (non-hydrogen) atoms. The van der Waals surface area contributed by atoms with Crippen molar-refractivity contribution in [1.82, 2.24) is 15.2 Å². The number of aryl methyl sites for hydroxylation is 1. The average Bonchev–Trinajstić information content (AvgIpc) is 3.32. The number of hydrogen-bond acceptors (Lipinski definition) is 6. The predicted molar refractivity (Wildman–Crippen MR) is 107 cm³/mol. The molecule has 156 valence electrons. The van der Waals surface area contributed by atoms with E-state index in [9.17, 15) is 14.0 Å².